The van der Waals surface area contributed by atoms with Crippen LogP contribution in [0.5, 0.6) is 5.75 Å². The Kier molecular flexibility index (Phi) is 9.66. The average molecular weight is 555 g/mol. The molecule has 0 spiro atoms. The first kappa shape index (κ1) is 28.7. The molecule has 2 unspecified atom stereocenters. The van der Waals surface area contributed by atoms with E-state index >= 15 is 0 Å². The number of aryl methyl sites for hydroxylation is 1. The van der Waals surface area contributed by atoms with Crippen LogP contribution in [0.3, 0.4) is 0 Å². The van der Waals surface area contributed by atoms with Crippen molar-refractivity contribution >= 4 is 15.9 Å². The number of sulfonamides is 1. The van der Waals surface area contributed by atoms with Crippen LogP contribution in [0.15, 0.2) is 71.9 Å². The summed E-state index contributed by atoms with van der Waals surface area (Å²) in [6, 6.07) is 14.5. The van der Waals surface area contributed by atoms with Gasteiger partial charge in [0.15, 0.2) is 0 Å². The smallest absolute Gasteiger partial charge is 0.243 e. The van der Waals surface area contributed by atoms with Gasteiger partial charge >= 0.3 is 0 Å². The topological polar surface area (TPSA) is 123 Å². The van der Waals surface area contributed by atoms with Gasteiger partial charge in [-0.2, -0.15) is 0 Å². The SMILES string of the molecule is COc1ccc2c(c1)CCC(NC(=O)[C@@H](N)CCCCNS(=O)(=O)c1ccccc1F)C2Cc1cccnc1. The molecular weight excluding hydrogens is 519 g/mol. The molecule has 3 aromatic rings. The highest BCUT2D eigenvalue weighted by molar-refractivity contribution is 7.89. The summed E-state index contributed by atoms with van der Waals surface area (Å²) in [7, 11) is -2.28. The fourth-order valence-electron chi connectivity index (χ4n) is 5.07. The molecule has 0 aliphatic heterocycles. The molecule has 0 radical (unpaired) electrons. The summed E-state index contributed by atoms with van der Waals surface area (Å²) in [6.07, 6.45) is 7.34. The molecule has 4 N–H and O–H groups in total. The van der Waals surface area contributed by atoms with Gasteiger partial charge in [0.1, 0.15) is 16.5 Å². The molecule has 1 aliphatic carbocycles. The highest BCUT2D eigenvalue weighted by Crippen LogP contribution is 2.36. The number of nitrogens with one attached hydrogen (secondary N) is 2. The fraction of sp³-hybridized carbons (Fsp3) is 0.379. The van der Waals surface area contributed by atoms with E-state index in [1.807, 2.05) is 24.4 Å². The molecule has 0 bridgehead atoms. The molecule has 1 aromatic heterocycles. The molecule has 208 valence electrons. The van der Waals surface area contributed by atoms with E-state index in [0.29, 0.717) is 19.3 Å². The number of rotatable bonds is 12. The third-order valence-corrected chi connectivity index (χ3v) is 8.66. The number of pyridine rings is 1. The number of methoxy groups -OCH3 is 1. The van der Waals surface area contributed by atoms with Crippen LogP contribution in [-0.2, 0) is 27.7 Å². The van der Waals surface area contributed by atoms with Crippen LogP contribution in [0.25, 0.3) is 0 Å². The molecule has 2 aromatic carbocycles. The van der Waals surface area contributed by atoms with Crippen molar-refractivity contribution in [3.63, 3.8) is 0 Å². The van der Waals surface area contributed by atoms with Crippen LogP contribution < -0.4 is 20.5 Å². The number of fused-ring (bicyclic) bond motifs is 1. The number of carbonyl (C=O) groups is 1. The predicted octanol–water partition coefficient (Wildman–Crippen LogP) is 3.46. The normalized spacial score (nSPS) is 17.7. The highest BCUT2D eigenvalue weighted by Gasteiger charge is 2.32. The number of nitrogens with zero attached hydrogens (tertiary/aromatic N) is 1. The Bertz CT molecular complexity index is 1370. The zero-order chi connectivity index (χ0) is 27.8. The zero-order valence-corrected chi connectivity index (χ0v) is 22.8. The van der Waals surface area contributed by atoms with Crippen LogP contribution >= 0.6 is 0 Å². The summed E-state index contributed by atoms with van der Waals surface area (Å²) in [4.78, 5) is 16.9. The predicted molar refractivity (Wildman–Crippen MR) is 147 cm³/mol. The molecule has 3 atom stereocenters. The number of hydrogen-bond acceptors (Lipinski definition) is 6. The molecule has 0 saturated heterocycles. The lowest BCUT2D eigenvalue weighted by Crippen LogP contribution is -2.49. The third-order valence-electron chi connectivity index (χ3n) is 7.16. The first-order chi connectivity index (χ1) is 18.8. The molecular formula is C29H35FN4O4S. The van der Waals surface area contributed by atoms with E-state index in [1.165, 1.54) is 29.3 Å². The minimum absolute atomic E-state index is 0.0628. The van der Waals surface area contributed by atoms with Crippen LogP contribution in [0, 0.1) is 5.82 Å². The summed E-state index contributed by atoms with van der Waals surface area (Å²) < 4.78 is 46.3. The Morgan fingerprint density at radius 1 is 1.18 bits per heavy atom. The summed E-state index contributed by atoms with van der Waals surface area (Å²) in [6.45, 7) is 0.126. The molecule has 10 heteroatoms. The monoisotopic (exact) mass is 554 g/mol. The number of carbonyl (C=O) groups excluding carboxylic acids is 1. The number of unbranched alkanes of at least 4 members (excludes halogenated alkanes) is 1. The Morgan fingerprint density at radius 2 is 2.00 bits per heavy atom. The molecule has 1 heterocycles. The summed E-state index contributed by atoms with van der Waals surface area (Å²) in [5, 5.41) is 3.18. The van der Waals surface area contributed by atoms with E-state index < -0.39 is 21.9 Å². The van der Waals surface area contributed by atoms with Gasteiger partial charge in [0.2, 0.25) is 15.9 Å². The van der Waals surface area contributed by atoms with Gasteiger partial charge in [0.25, 0.3) is 0 Å². The van der Waals surface area contributed by atoms with E-state index in [9.17, 15) is 17.6 Å². The molecule has 0 saturated carbocycles. The van der Waals surface area contributed by atoms with Crippen molar-refractivity contribution in [3.05, 3.63) is 89.5 Å². The van der Waals surface area contributed by atoms with Gasteiger partial charge in [-0.1, -0.05) is 30.7 Å². The van der Waals surface area contributed by atoms with Crippen molar-refractivity contribution in [3.8, 4) is 5.75 Å². The molecule has 8 nitrogen and oxygen atoms in total. The van der Waals surface area contributed by atoms with Crippen molar-refractivity contribution in [1.29, 1.82) is 0 Å². The lowest BCUT2D eigenvalue weighted by molar-refractivity contribution is -0.123. The van der Waals surface area contributed by atoms with Crippen LogP contribution in [0.2, 0.25) is 0 Å². The van der Waals surface area contributed by atoms with Gasteiger partial charge < -0.3 is 15.8 Å². The largest absolute Gasteiger partial charge is 0.497 e. The number of benzene rings is 2. The van der Waals surface area contributed by atoms with Gasteiger partial charge in [0, 0.05) is 30.9 Å². The van der Waals surface area contributed by atoms with E-state index in [2.05, 4.69) is 27.2 Å². The lowest BCUT2D eigenvalue weighted by Gasteiger charge is -2.35. The Morgan fingerprint density at radius 3 is 2.74 bits per heavy atom. The molecule has 1 amide bonds. The number of hydrogen-bond donors (Lipinski definition) is 3. The van der Waals surface area contributed by atoms with Crippen molar-refractivity contribution in [2.45, 2.75) is 61.4 Å². The minimum atomic E-state index is -3.94. The van der Waals surface area contributed by atoms with Crippen LogP contribution in [0.1, 0.15) is 48.3 Å². The van der Waals surface area contributed by atoms with Gasteiger partial charge in [-0.05, 0) is 79.1 Å². The van der Waals surface area contributed by atoms with Crippen LogP contribution in [-0.4, -0.2) is 45.0 Å². The zero-order valence-electron chi connectivity index (χ0n) is 22.0. The van der Waals surface area contributed by atoms with Gasteiger partial charge in [0.05, 0.1) is 13.2 Å². The van der Waals surface area contributed by atoms with Crippen molar-refractivity contribution in [2.75, 3.05) is 13.7 Å². The van der Waals surface area contributed by atoms with Crippen LogP contribution in [0.4, 0.5) is 4.39 Å². The summed E-state index contributed by atoms with van der Waals surface area (Å²) >= 11 is 0. The second-order valence-corrected chi connectivity index (χ2v) is 11.6. The fourth-order valence-corrected chi connectivity index (χ4v) is 6.22. The first-order valence-electron chi connectivity index (χ1n) is 13.1. The maximum absolute atomic E-state index is 13.8. The third kappa shape index (κ3) is 7.40. The molecule has 39 heavy (non-hydrogen) atoms. The number of ether oxygens (including phenoxy) is 1. The van der Waals surface area contributed by atoms with E-state index in [-0.39, 0.29) is 29.3 Å². The Hall–Kier alpha value is -3.34. The first-order valence-corrected chi connectivity index (χ1v) is 14.6. The van der Waals surface area contributed by atoms with E-state index in [0.717, 1.165) is 36.6 Å². The molecule has 4 rings (SSSR count). The summed E-state index contributed by atoms with van der Waals surface area (Å²) in [5.41, 5.74) is 9.71. The average Bonchev–Trinajstić information content (AvgIpc) is 2.94. The van der Waals surface area contributed by atoms with Crippen molar-refractivity contribution < 1.29 is 22.3 Å². The number of halogens is 1. The maximum Gasteiger partial charge on any atom is 0.243 e. The number of aromatic nitrogens is 1. The van der Waals surface area contributed by atoms with Crippen molar-refractivity contribution in [2.24, 2.45) is 5.73 Å². The second kappa shape index (κ2) is 13.1. The summed E-state index contributed by atoms with van der Waals surface area (Å²) in [5.74, 6) is -0.141. The molecule has 1 aliphatic rings. The lowest BCUT2D eigenvalue weighted by atomic mass is 9.76. The quantitative estimate of drug-likeness (QED) is 0.295. The van der Waals surface area contributed by atoms with Crippen molar-refractivity contribution in [1.82, 2.24) is 15.0 Å². The Balaban J connectivity index is 1.32. The van der Waals surface area contributed by atoms with Gasteiger partial charge in [-0.3, -0.25) is 9.78 Å². The van der Waals surface area contributed by atoms with E-state index in [1.54, 1.807) is 13.3 Å². The Labute approximate surface area is 229 Å². The number of amides is 1. The van der Waals surface area contributed by atoms with Gasteiger partial charge in [-0.15, -0.1) is 0 Å². The molecule has 0 fully saturated rings. The maximum atomic E-state index is 13.8. The standard InChI is InChI=1S/C29H35FN4O4S/c1-38-22-12-13-23-21(18-22)11-14-27(24(23)17-20-7-6-15-32-19-20)34-29(35)26(31)9-4-5-16-33-39(36,37)28-10-3-2-8-25(28)30/h2-3,6-8,10,12-13,15,18-19,24,26-27,33H,4-5,9,11,14,16-17,31H2,1H3,(H,34,35)/t24?,26-,27?/m0/s1. The van der Waals surface area contributed by atoms with E-state index in [4.69, 9.17) is 10.5 Å². The number of nitrogens with two attached hydrogens (primary N) is 1. The second-order valence-electron chi connectivity index (χ2n) is 9.82. The van der Waals surface area contributed by atoms with Gasteiger partial charge in [-0.25, -0.2) is 17.5 Å². The minimum Gasteiger partial charge on any atom is -0.497 e. The highest BCUT2D eigenvalue weighted by atomic mass is 32.2.